The fourth-order valence-corrected chi connectivity index (χ4v) is 5.30. The maximum Gasteiger partial charge on any atom is 0.235 e. The number of halogens is 2. The quantitative estimate of drug-likeness (QED) is 0.328. The van der Waals surface area contributed by atoms with E-state index < -0.39 is 9.04 Å². The van der Waals surface area contributed by atoms with Gasteiger partial charge in [-0.15, -0.1) is 0 Å². The molecular formula is C26H36F2NO2Si. The molecule has 175 valence electrons. The Kier molecular flexibility index (Phi) is 9.26. The highest BCUT2D eigenvalue weighted by molar-refractivity contribution is 6.48. The van der Waals surface area contributed by atoms with Crippen LogP contribution in [0.3, 0.4) is 0 Å². The van der Waals surface area contributed by atoms with Gasteiger partial charge in [0.2, 0.25) is 9.04 Å². The Morgan fingerprint density at radius 1 is 1.00 bits per heavy atom. The average Bonchev–Trinajstić information content (AvgIpc) is 3.15. The lowest BCUT2D eigenvalue weighted by atomic mass is 9.87. The lowest BCUT2D eigenvalue weighted by Gasteiger charge is -2.39. The van der Waals surface area contributed by atoms with Crippen molar-refractivity contribution >= 4 is 9.04 Å². The molecule has 1 saturated heterocycles. The third-order valence-corrected chi connectivity index (χ3v) is 6.85. The highest BCUT2D eigenvalue weighted by Gasteiger charge is 2.41. The fourth-order valence-electron chi connectivity index (χ4n) is 4.57. The third kappa shape index (κ3) is 6.87. The molecule has 0 aromatic heterocycles. The van der Waals surface area contributed by atoms with Crippen LogP contribution in [-0.4, -0.2) is 32.8 Å². The second-order valence-corrected chi connectivity index (χ2v) is 11.0. The minimum atomic E-state index is -0.816. The standard InChI is InChI=1S/C26H36F2NO2Si/c1-4-5-15-26(16-6-18-29(26)31-32(2)3)17-19-30-25-14-13-24(28)20-22(25)10-7-21-8-11-23(27)12-9-21/h8-9,11-14,20H,4-7,10,15-19H2,1-3H3. The molecule has 1 heterocycles. The second kappa shape index (κ2) is 11.9. The zero-order valence-corrected chi connectivity index (χ0v) is 20.6. The van der Waals surface area contributed by atoms with Crippen molar-refractivity contribution in [2.75, 3.05) is 13.2 Å². The van der Waals surface area contributed by atoms with E-state index in [-0.39, 0.29) is 17.2 Å². The van der Waals surface area contributed by atoms with E-state index in [1.54, 1.807) is 24.3 Å². The molecule has 2 aromatic rings. The van der Waals surface area contributed by atoms with Crippen molar-refractivity contribution in [2.24, 2.45) is 0 Å². The Hall–Kier alpha value is -1.76. The summed E-state index contributed by atoms with van der Waals surface area (Å²) in [4.78, 5) is 0. The lowest BCUT2D eigenvalue weighted by molar-refractivity contribution is -0.132. The molecule has 3 nitrogen and oxygen atoms in total. The number of hydrogen-bond donors (Lipinski definition) is 0. The molecular weight excluding hydrogens is 424 g/mol. The van der Waals surface area contributed by atoms with Gasteiger partial charge in [-0.1, -0.05) is 31.9 Å². The zero-order chi connectivity index (χ0) is 23.0. The maximum atomic E-state index is 13.9. The molecule has 0 aliphatic carbocycles. The highest BCUT2D eigenvalue weighted by atomic mass is 28.3. The van der Waals surface area contributed by atoms with Crippen LogP contribution in [0.15, 0.2) is 42.5 Å². The fraction of sp³-hybridized carbons (Fsp3) is 0.538. The third-order valence-electron chi connectivity index (χ3n) is 6.26. The Bertz CT molecular complexity index is 846. The van der Waals surface area contributed by atoms with Gasteiger partial charge in [-0.25, -0.2) is 8.78 Å². The SMILES string of the molecule is CCCCC1(CCOc2ccc(F)cc2CCc2ccc(F)cc2)CCCN1O[Si](C)C. The Balaban J connectivity index is 1.65. The van der Waals surface area contributed by atoms with Crippen molar-refractivity contribution in [2.45, 2.75) is 76.9 Å². The predicted octanol–water partition coefficient (Wildman–Crippen LogP) is 6.73. The maximum absolute atomic E-state index is 13.9. The van der Waals surface area contributed by atoms with Crippen LogP contribution >= 0.6 is 0 Å². The molecule has 32 heavy (non-hydrogen) atoms. The van der Waals surface area contributed by atoms with Gasteiger partial charge in [-0.05, 0) is 86.7 Å². The summed E-state index contributed by atoms with van der Waals surface area (Å²) in [6.07, 6.45) is 7.99. The van der Waals surface area contributed by atoms with Crippen LogP contribution in [0.2, 0.25) is 13.1 Å². The molecule has 1 aliphatic rings. The largest absolute Gasteiger partial charge is 0.493 e. The minimum Gasteiger partial charge on any atom is -0.493 e. The van der Waals surface area contributed by atoms with Crippen molar-refractivity contribution < 1.29 is 18.0 Å². The number of ether oxygens (including phenoxy) is 1. The molecule has 0 spiro atoms. The van der Waals surface area contributed by atoms with Gasteiger partial charge in [-0.2, -0.15) is 5.06 Å². The van der Waals surface area contributed by atoms with Crippen LogP contribution < -0.4 is 4.74 Å². The number of rotatable bonds is 12. The van der Waals surface area contributed by atoms with E-state index in [4.69, 9.17) is 9.26 Å². The summed E-state index contributed by atoms with van der Waals surface area (Å²) in [5.74, 6) is 0.229. The molecule has 1 aliphatic heterocycles. The first-order chi connectivity index (χ1) is 15.4. The van der Waals surface area contributed by atoms with Crippen molar-refractivity contribution in [1.82, 2.24) is 5.06 Å². The molecule has 0 N–H and O–H groups in total. The van der Waals surface area contributed by atoms with E-state index in [2.05, 4.69) is 25.1 Å². The number of hydrogen-bond acceptors (Lipinski definition) is 3. The van der Waals surface area contributed by atoms with E-state index in [0.717, 1.165) is 55.5 Å². The average molecular weight is 461 g/mol. The minimum absolute atomic E-state index is 0.0340. The number of unbranched alkanes of at least 4 members (excludes halogenated alkanes) is 1. The summed E-state index contributed by atoms with van der Waals surface area (Å²) in [5, 5.41) is 2.25. The molecule has 0 amide bonds. The monoisotopic (exact) mass is 460 g/mol. The lowest BCUT2D eigenvalue weighted by Crippen LogP contribution is -2.46. The van der Waals surface area contributed by atoms with Gasteiger partial charge in [0.25, 0.3) is 0 Å². The van der Waals surface area contributed by atoms with Crippen LogP contribution in [0.5, 0.6) is 5.75 Å². The smallest absolute Gasteiger partial charge is 0.235 e. The molecule has 1 atom stereocenters. The molecule has 2 aromatic carbocycles. The van der Waals surface area contributed by atoms with E-state index in [0.29, 0.717) is 19.4 Å². The molecule has 1 unspecified atom stereocenters. The summed E-state index contributed by atoms with van der Waals surface area (Å²) < 4.78 is 39.6. The number of nitrogens with zero attached hydrogens (tertiary/aromatic N) is 1. The number of benzene rings is 2. The van der Waals surface area contributed by atoms with Crippen LogP contribution in [0.4, 0.5) is 8.78 Å². The molecule has 0 saturated carbocycles. The van der Waals surface area contributed by atoms with Gasteiger partial charge in [0.1, 0.15) is 17.4 Å². The summed E-state index contributed by atoms with van der Waals surface area (Å²) in [5.41, 5.74) is 1.91. The Morgan fingerprint density at radius 2 is 1.75 bits per heavy atom. The van der Waals surface area contributed by atoms with E-state index in [1.165, 1.54) is 24.6 Å². The topological polar surface area (TPSA) is 21.7 Å². The van der Waals surface area contributed by atoms with E-state index in [1.807, 2.05) is 0 Å². The van der Waals surface area contributed by atoms with Crippen LogP contribution in [-0.2, 0) is 17.4 Å². The van der Waals surface area contributed by atoms with Gasteiger partial charge in [0, 0.05) is 18.5 Å². The zero-order valence-electron chi connectivity index (χ0n) is 19.6. The van der Waals surface area contributed by atoms with Crippen molar-refractivity contribution in [3.8, 4) is 5.75 Å². The first-order valence-corrected chi connectivity index (χ1v) is 14.2. The normalized spacial score (nSPS) is 19.1. The Labute approximate surface area is 193 Å². The first-order valence-electron chi connectivity index (χ1n) is 11.8. The predicted molar refractivity (Wildman–Crippen MR) is 127 cm³/mol. The van der Waals surface area contributed by atoms with E-state index in [9.17, 15) is 8.78 Å². The summed E-state index contributed by atoms with van der Waals surface area (Å²) >= 11 is 0. The number of hydroxylamine groups is 2. The van der Waals surface area contributed by atoms with Gasteiger partial charge >= 0.3 is 0 Å². The van der Waals surface area contributed by atoms with Crippen molar-refractivity contribution in [3.63, 3.8) is 0 Å². The molecule has 6 heteroatoms. The van der Waals surface area contributed by atoms with Gasteiger partial charge in [0.15, 0.2) is 0 Å². The highest BCUT2D eigenvalue weighted by Crippen LogP contribution is 2.38. The summed E-state index contributed by atoms with van der Waals surface area (Å²) in [6.45, 7) is 8.14. The molecule has 0 bridgehead atoms. The van der Waals surface area contributed by atoms with E-state index >= 15 is 0 Å². The van der Waals surface area contributed by atoms with Gasteiger partial charge in [-0.3, -0.25) is 0 Å². The van der Waals surface area contributed by atoms with Gasteiger partial charge < -0.3 is 9.26 Å². The second-order valence-electron chi connectivity index (χ2n) is 9.01. The van der Waals surface area contributed by atoms with Crippen molar-refractivity contribution in [3.05, 3.63) is 65.2 Å². The van der Waals surface area contributed by atoms with Crippen molar-refractivity contribution in [1.29, 1.82) is 0 Å². The van der Waals surface area contributed by atoms with Crippen LogP contribution in [0, 0.1) is 11.6 Å². The molecule has 1 fully saturated rings. The molecule has 3 rings (SSSR count). The van der Waals surface area contributed by atoms with Crippen LogP contribution in [0.1, 0.15) is 56.6 Å². The van der Waals surface area contributed by atoms with Crippen LogP contribution in [0.25, 0.3) is 0 Å². The van der Waals surface area contributed by atoms with Gasteiger partial charge in [0.05, 0.1) is 6.61 Å². The first kappa shape index (κ1) is 24.9. The Morgan fingerprint density at radius 3 is 2.47 bits per heavy atom. The molecule has 1 radical (unpaired) electrons. The summed E-state index contributed by atoms with van der Waals surface area (Å²) in [6, 6.07) is 11.2. The summed E-state index contributed by atoms with van der Waals surface area (Å²) in [7, 11) is -0.816. The number of aryl methyl sites for hydroxylation is 2.